The minimum absolute atomic E-state index is 0.145. The van der Waals surface area contributed by atoms with Crippen LogP contribution in [0.25, 0.3) is 0 Å². The molecule has 1 heterocycles. The fraction of sp³-hybridized carbons (Fsp3) is 0.409. The van der Waals surface area contributed by atoms with Gasteiger partial charge in [0, 0.05) is 13.1 Å². The van der Waals surface area contributed by atoms with E-state index in [1.165, 1.54) is 4.31 Å². The molecule has 0 radical (unpaired) electrons. The van der Waals surface area contributed by atoms with Crippen molar-refractivity contribution in [2.45, 2.75) is 30.7 Å². The van der Waals surface area contributed by atoms with Gasteiger partial charge in [0.15, 0.2) is 0 Å². The SMILES string of the molecule is COc1ccc(OCC(C)NC(=O)C2CCCN(S(=O)(=O)c3ccccc3)C2)cc1. The third kappa shape index (κ3) is 5.52. The second-order valence-electron chi connectivity index (χ2n) is 7.41. The van der Waals surface area contributed by atoms with Crippen LogP contribution in [-0.2, 0) is 14.8 Å². The van der Waals surface area contributed by atoms with Crippen LogP contribution >= 0.6 is 0 Å². The van der Waals surface area contributed by atoms with Gasteiger partial charge in [-0.05, 0) is 56.2 Å². The highest BCUT2D eigenvalue weighted by Crippen LogP contribution is 2.24. The number of hydrogen-bond acceptors (Lipinski definition) is 5. The number of nitrogens with zero attached hydrogens (tertiary/aromatic N) is 1. The van der Waals surface area contributed by atoms with Crippen LogP contribution in [0.1, 0.15) is 19.8 Å². The van der Waals surface area contributed by atoms with E-state index in [4.69, 9.17) is 9.47 Å². The monoisotopic (exact) mass is 432 g/mol. The highest BCUT2D eigenvalue weighted by molar-refractivity contribution is 7.89. The van der Waals surface area contributed by atoms with Crippen molar-refractivity contribution in [3.8, 4) is 11.5 Å². The molecule has 0 aromatic heterocycles. The lowest BCUT2D eigenvalue weighted by Crippen LogP contribution is -2.48. The summed E-state index contributed by atoms with van der Waals surface area (Å²) in [5.74, 6) is 0.917. The normalized spacial score (nSPS) is 18.4. The second kappa shape index (κ2) is 9.95. The van der Waals surface area contributed by atoms with Crippen LogP contribution in [0, 0.1) is 5.92 Å². The molecule has 1 aliphatic heterocycles. The summed E-state index contributed by atoms with van der Waals surface area (Å²) in [4.78, 5) is 13.0. The first kappa shape index (κ1) is 22.1. The van der Waals surface area contributed by atoms with E-state index in [1.54, 1.807) is 49.6 Å². The zero-order chi connectivity index (χ0) is 21.6. The van der Waals surface area contributed by atoms with Crippen molar-refractivity contribution in [3.05, 3.63) is 54.6 Å². The Morgan fingerprint density at radius 3 is 2.47 bits per heavy atom. The smallest absolute Gasteiger partial charge is 0.243 e. The van der Waals surface area contributed by atoms with Gasteiger partial charge in [-0.15, -0.1) is 0 Å². The molecule has 7 nitrogen and oxygen atoms in total. The summed E-state index contributed by atoms with van der Waals surface area (Å²) in [6.07, 6.45) is 1.32. The highest BCUT2D eigenvalue weighted by Gasteiger charge is 2.33. The molecule has 1 aliphatic rings. The maximum absolute atomic E-state index is 12.8. The molecule has 162 valence electrons. The maximum atomic E-state index is 12.8. The van der Waals surface area contributed by atoms with Gasteiger partial charge in [0.05, 0.1) is 24.0 Å². The average Bonchev–Trinajstić information content (AvgIpc) is 2.78. The van der Waals surface area contributed by atoms with Crippen molar-refractivity contribution < 1.29 is 22.7 Å². The van der Waals surface area contributed by atoms with Gasteiger partial charge in [-0.1, -0.05) is 18.2 Å². The molecule has 0 bridgehead atoms. The molecule has 2 aromatic carbocycles. The van der Waals surface area contributed by atoms with Crippen LogP contribution in [0.15, 0.2) is 59.5 Å². The zero-order valence-electron chi connectivity index (χ0n) is 17.3. The minimum atomic E-state index is -3.59. The number of sulfonamides is 1. The number of piperidine rings is 1. The molecule has 30 heavy (non-hydrogen) atoms. The van der Waals surface area contributed by atoms with Gasteiger partial charge >= 0.3 is 0 Å². The van der Waals surface area contributed by atoms with Crippen molar-refractivity contribution >= 4 is 15.9 Å². The molecule has 2 unspecified atom stereocenters. The van der Waals surface area contributed by atoms with E-state index in [0.717, 1.165) is 5.75 Å². The molecule has 1 saturated heterocycles. The van der Waals surface area contributed by atoms with E-state index in [1.807, 2.05) is 19.1 Å². The molecule has 1 N–H and O–H groups in total. The van der Waals surface area contributed by atoms with Crippen LogP contribution in [0.4, 0.5) is 0 Å². The summed E-state index contributed by atoms with van der Waals surface area (Å²) in [5, 5.41) is 2.94. The van der Waals surface area contributed by atoms with Crippen LogP contribution < -0.4 is 14.8 Å². The Kier molecular flexibility index (Phi) is 7.33. The van der Waals surface area contributed by atoms with Crippen LogP contribution in [-0.4, -0.2) is 51.5 Å². The number of hydrogen-bond donors (Lipinski definition) is 1. The number of rotatable bonds is 8. The number of carbonyl (C=O) groups excluding carboxylic acids is 1. The Morgan fingerprint density at radius 1 is 1.13 bits per heavy atom. The van der Waals surface area contributed by atoms with E-state index in [0.29, 0.717) is 31.7 Å². The number of benzene rings is 2. The molecule has 0 saturated carbocycles. The van der Waals surface area contributed by atoms with E-state index < -0.39 is 10.0 Å². The predicted octanol–water partition coefficient (Wildman–Crippen LogP) is 2.68. The summed E-state index contributed by atoms with van der Waals surface area (Å²) in [6.45, 7) is 2.80. The van der Waals surface area contributed by atoms with Gasteiger partial charge in [0.2, 0.25) is 15.9 Å². The molecule has 1 fully saturated rings. The molecular formula is C22H28N2O5S. The fourth-order valence-corrected chi connectivity index (χ4v) is 4.96. The number of amides is 1. The molecule has 1 amide bonds. The van der Waals surface area contributed by atoms with Crippen LogP contribution in [0.5, 0.6) is 11.5 Å². The summed E-state index contributed by atoms with van der Waals surface area (Å²) in [5.41, 5.74) is 0. The van der Waals surface area contributed by atoms with Gasteiger partial charge < -0.3 is 14.8 Å². The third-order valence-corrected chi connectivity index (χ3v) is 6.96. The topological polar surface area (TPSA) is 84.9 Å². The first-order chi connectivity index (χ1) is 14.4. The number of nitrogens with one attached hydrogen (secondary N) is 1. The average molecular weight is 433 g/mol. The standard InChI is InChI=1S/C22H28N2O5S/c1-17(16-29-20-12-10-19(28-2)11-13-20)23-22(25)18-7-6-14-24(15-18)30(26,27)21-8-4-3-5-9-21/h3-5,8-13,17-18H,6-7,14-16H2,1-2H3,(H,23,25). The fourth-order valence-electron chi connectivity index (χ4n) is 3.41. The van der Waals surface area contributed by atoms with Crippen LogP contribution in [0.3, 0.4) is 0 Å². The lowest BCUT2D eigenvalue weighted by atomic mass is 9.98. The Bertz CT molecular complexity index is 932. The summed E-state index contributed by atoms with van der Waals surface area (Å²) >= 11 is 0. The molecular weight excluding hydrogens is 404 g/mol. The van der Waals surface area contributed by atoms with Crippen molar-refractivity contribution in [2.24, 2.45) is 5.92 Å². The lowest BCUT2D eigenvalue weighted by Gasteiger charge is -2.31. The quantitative estimate of drug-likeness (QED) is 0.693. The van der Waals surface area contributed by atoms with E-state index >= 15 is 0 Å². The van der Waals surface area contributed by atoms with Gasteiger partial charge in [-0.2, -0.15) is 4.31 Å². The highest BCUT2D eigenvalue weighted by atomic mass is 32.2. The van der Waals surface area contributed by atoms with Gasteiger partial charge in [-0.3, -0.25) is 4.79 Å². The maximum Gasteiger partial charge on any atom is 0.243 e. The third-order valence-electron chi connectivity index (χ3n) is 5.08. The van der Waals surface area contributed by atoms with Crippen LogP contribution in [0.2, 0.25) is 0 Å². The molecule has 0 spiro atoms. The van der Waals surface area contributed by atoms with Crippen molar-refractivity contribution in [2.75, 3.05) is 26.8 Å². The van der Waals surface area contributed by atoms with E-state index in [9.17, 15) is 13.2 Å². The molecule has 3 rings (SSSR count). The molecule has 2 atom stereocenters. The van der Waals surface area contributed by atoms with Crippen molar-refractivity contribution in [3.63, 3.8) is 0 Å². The minimum Gasteiger partial charge on any atom is -0.497 e. The summed E-state index contributed by atoms with van der Waals surface area (Å²) in [7, 11) is -1.99. The predicted molar refractivity (Wildman–Crippen MR) is 114 cm³/mol. The van der Waals surface area contributed by atoms with E-state index in [2.05, 4.69) is 5.32 Å². The Balaban J connectivity index is 1.53. The number of methoxy groups -OCH3 is 1. The first-order valence-electron chi connectivity index (χ1n) is 10.0. The molecule has 8 heteroatoms. The van der Waals surface area contributed by atoms with Gasteiger partial charge in [-0.25, -0.2) is 8.42 Å². The van der Waals surface area contributed by atoms with E-state index in [-0.39, 0.29) is 29.3 Å². The van der Waals surface area contributed by atoms with Gasteiger partial charge in [0.1, 0.15) is 18.1 Å². The summed E-state index contributed by atoms with van der Waals surface area (Å²) < 4.78 is 37.9. The van der Waals surface area contributed by atoms with Crippen molar-refractivity contribution in [1.29, 1.82) is 0 Å². The number of carbonyl (C=O) groups is 1. The zero-order valence-corrected chi connectivity index (χ0v) is 18.1. The Morgan fingerprint density at radius 2 is 1.80 bits per heavy atom. The molecule has 2 aromatic rings. The Hall–Kier alpha value is -2.58. The Labute approximate surface area is 178 Å². The molecule has 0 aliphatic carbocycles. The number of ether oxygens (including phenoxy) is 2. The lowest BCUT2D eigenvalue weighted by molar-refractivity contribution is -0.126. The first-order valence-corrected chi connectivity index (χ1v) is 11.5. The second-order valence-corrected chi connectivity index (χ2v) is 9.35. The summed E-state index contributed by atoms with van der Waals surface area (Å²) in [6, 6.07) is 15.4. The largest absolute Gasteiger partial charge is 0.497 e. The van der Waals surface area contributed by atoms with Crippen molar-refractivity contribution in [1.82, 2.24) is 9.62 Å². The van der Waals surface area contributed by atoms with Gasteiger partial charge in [0.25, 0.3) is 0 Å².